The first-order chi connectivity index (χ1) is 8.63. The van der Waals surface area contributed by atoms with Gasteiger partial charge in [0.25, 0.3) is 0 Å². The second kappa shape index (κ2) is 5.00. The molecule has 3 heteroatoms. The summed E-state index contributed by atoms with van der Waals surface area (Å²) in [4.78, 5) is 22.7. The Morgan fingerprint density at radius 1 is 1.17 bits per heavy atom. The number of hydrogen-bond acceptors (Lipinski definition) is 2. The Labute approximate surface area is 106 Å². The SMILES string of the molecule is Cc1ccc(C(=O)c2ccc(C[C]=O)n2C)cc1. The molecule has 0 fully saturated rings. The maximum absolute atomic E-state index is 12.3. The monoisotopic (exact) mass is 240 g/mol. The number of nitrogens with zero attached hydrogens (tertiary/aromatic N) is 1. The standard InChI is InChI=1S/C15H14NO2/c1-11-3-5-12(6-4-11)15(18)14-8-7-13(9-10-17)16(14)2/h3-8H,9H2,1-2H3. The minimum atomic E-state index is -0.0327. The van der Waals surface area contributed by atoms with E-state index in [2.05, 4.69) is 0 Å². The van der Waals surface area contributed by atoms with Crippen molar-refractivity contribution in [3.8, 4) is 0 Å². The summed E-state index contributed by atoms with van der Waals surface area (Å²) in [6.07, 6.45) is 2.05. The van der Waals surface area contributed by atoms with E-state index in [1.807, 2.05) is 37.5 Å². The lowest BCUT2D eigenvalue weighted by atomic mass is 10.1. The number of aromatic nitrogens is 1. The fraction of sp³-hybridized carbons (Fsp3) is 0.200. The number of hydrogen-bond donors (Lipinski definition) is 0. The molecular formula is C15H14NO2. The summed E-state index contributed by atoms with van der Waals surface area (Å²) in [5.41, 5.74) is 3.16. The summed E-state index contributed by atoms with van der Waals surface area (Å²) in [7, 11) is 1.79. The van der Waals surface area contributed by atoms with Gasteiger partial charge < -0.3 is 4.57 Å². The molecule has 0 spiro atoms. The summed E-state index contributed by atoms with van der Waals surface area (Å²) in [6, 6.07) is 11.0. The van der Waals surface area contributed by atoms with Gasteiger partial charge in [0.1, 0.15) is 0 Å². The van der Waals surface area contributed by atoms with Crippen LogP contribution in [0.25, 0.3) is 0 Å². The maximum atomic E-state index is 12.3. The molecule has 0 aliphatic rings. The average molecular weight is 240 g/mol. The van der Waals surface area contributed by atoms with Crippen LogP contribution in [0.4, 0.5) is 0 Å². The molecule has 0 amide bonds. The third-order valence-corrected chi connectivity index (χ3v) is 3.03. The quantitative estimate of drug-likeness (QED) is 0.769. The highest BCUT2D eigenvalue weighted by molar-refractivity contribution is 6.08. The Bertz CT molecular complexity index is 579. The van der Waals surface area contributed by atoms with Gasteiger partial charge >= 0.3 is 0 Å². The molecule has 2 rings (SSSR count). The van der Waals surface area contributed by atoms with Crippen molar-refractivity contribution in [1.29, 1.82) is 0 Å². The van der Waals surface area contributed by atoms with Crippen LogP contribution in [-0.4, -0.2) is 16.6 Å². The molecule has 91 valence electrons. The van der Waals surface area contributed by atoms with Gasteiger partial charge in [-0.25, -0.2) is 0 Å². The van der Waals surface area contributed by atoms with Crippen molar-refractivity contribution in [3.05, 3.63) is 58.9 Å². The van der Waals surface area contributed by atoms with Crippen LogP contribution in [0, 0.1) is 6.92 Å². The van der Waals surface area contributed by atoms with E-state index >= 15 is 0 Å². The smallest absolute Gasteiger partial charge is 0.209 e. The van der Waals surface area contributed by atoms with Crippen LogP contribution in [0.2, 0.25) is 0 Å². The molecule has 2 aromatic rings. The molecule has 0 atom stereocenters. The highest BCUT2D eigenvalue weighted by Crippen LogP contribution is 2.14. The zero-order valence-electron chi connectivity index (χ0n) is 10.4. The van der Waals surface area contributed by atoms with Gasteiger partial charge in [-0.1, -0.05) is 29.8 Å². The summed E-state index contributed by atoms with van der Waals surface area (Å²) in [6.45, 7) is 1.98. The zero-order chi connectivity index (χ0) is 13.1. The van der Waals surface area contributed by atoms with Gasteiger partial charge in [-0.2, -0.15) is 0 Å². The number of carbonyl (C=O) groups excluding carboxylic acids is 2. The molecule has 0 saturated heterocycles. The predicted octanol–water partition coefficient (Wildman–Crippen LogP) is 2.22. The van der Waals surface area contributed by atoms with Gasteiger partial charge in [0.15, 0.2) is 0 Å². The molecule has 1 aromatic carbocycles. The lowest BCUT2D eigenvalue weighted by molar-refractivity contribution is 0.103. The van der Waals surface area contributed by atoms with Gasteiger partial charge in [0, 0.05) is 18.3 Å². The third-order valence-electron chi connectivity index (χ3n) is 3.03. The largest absolute Gasteiger partial charge is 0.345 e. The van der Waals surface area contributed by atoms with E-state index in [1.165, 1.54) is 0 Å². The molecule has 1 heterocycles. The first-order valence-electron chi connectivity index (χ1n) is 5.74. The normalized spacial score (nSPS) is 10.3. The molecular weight excluding hydrogens is 226 g/mol. The van der Waals surface area contributed by atoms with E-state index < -0.39 is 0 Å². The van der Waals surface area contributed by atoms with Gasteiger partial charge in [-0.05, 0) is 19.1 Å². The number of rotatable bonds is 4. The number of aryl methyl sites for hydroxylation is 1. The highest BCUT2D eigenvalue weighted by Gasteiger charge is 2.14. The van der Waals surface area contributed by atoms with Crippen molar-refractivity contribution in [1.82, 2.24) is 4.57 Å². The minimum absolute atomic E-state index is 0.0327. The van der Waals surface area contributed by atoms with E-state index in [4.69, 9.17) is 0 Å². The van der Waals surface area contributed by atoms with Crippen LogP contribution in [0.5, 0.6) is 0 Å². The average Bonchev–Trinajstić information content (AvgIpc) is 2.72. The van der Waals surface area contributed by atoms with E-state index in [9.17, 15) is 9.59 Å². The van der Waals surface area contributed by atoms with Crippen LogP contribution >= 0.6 is 0 Å². The van der Waals surface area contributed by atoms with Crippen LogP contribution in [0.3, 0.4) is 0 Å². The van der Waals surface area contributed by atoms with Crippen molar-refractivity contribution >= 4 is 12.1 Å². The van der Waals surface area contributed by atoms with Crippen molar-refractivity contribution < 1.29 is 9.59 Å². The fourth-order valence-electron chi connectivity index (χ4n) is 1.89. The molecule has 0 unspecified atom stereocenters. The van der Waals surface area contributed by atoms with Gasteiger partial charge in [0.2, 0.25) is 12.1 Å². The fourth-order valence-corrected chi connectivity index (χ4v) is 1.89. The number of benzene rings is 1. The number of ketones is 1. The van der Waals surface area contributed by atoms with Gasteiger partial charge in [-0.15, -0.1) is 0 Å². The van der Waals surface area contributed by atoms with Crippen molar-refractivity contribution in [2.45, 2.75) is 13.3 Å². The zero-order valence-corrected chi connectivity index (χ0v) is 10.4. The van der Waals surface area contributed by atoms with Crippen molar-refractivity contribution in [2.75, 3.05) is 0 Å². The molecule has 18 heavy (non-hydrogen) atoms. The minimum Gasteiger partial charge on any atom is -0.345 e. The highest BCUT2D eigenvalue weighted by atomic mass is 16.1. The predicted molar refractivity (Wildman–Crippen MR) is 69.4 cm³/mol. The van der Waals surface area contributed by atoms with Gasteiger partial charge in [-0.3, -0.25) is 9.59 Å². The van der Waals surface area contributed by atoms with Crippen LogP contribution in [0.15, 0.2) is 36.4 Å². The van der Waals surface area contributed by atoms with E-state index in [-0.39, 0.29) is 12.2 Å². The Balaban J connectivity index is 2.34. The molecule has 0 N–H and O–H groups in total. The van der Waals surface area contributed by atoms with E-state index in [0.717, 1.165) is 11.3 Å². The summed E-state index contributed by atoms with van der Waals surface area (Å²) in [5, 5.41) is 0. The summed E-state index contributed by atoms with van der Waals surface area (Å²) >= 11 is 0. The Hall–Kier alpha value is -2.16. The Morgan fingerprint density at radius 3 is 2.44 bits per heavy atom. The Morgan fingerprint density at radius 2 is 1.83 bits per heavy atom. The van der Waals surface area contributed by atoms with Crippen molar-refractivity contribution in [2.24, 2.45) is 7.05 Å². The second-order valence-electron chi connectivity index (χ2n) is 4.29. The number of carbonyl (C=O) groups is 1. The first kappa shape index (κ1) is 12.3. The summed E-state index contributed by atoms with van der Waals surface area (Å²) in [5.74, 6) is -0.0327. The molecule has 0 aliphatic carbocycles. The molecule has 3 nitrogen and oxygen atoms in total. The second-order valence-corrected chi connectivity index (χ2v) is 4.29. The van der Waals surface area contributed by atoms with Gasteiger partial charge in [0.05, 0.1) is 12.1 Å². The topological polar surface area (TPSA) is 39.1 Å². The van der Waals surface area contributed by atoms with Crippen LogP contribution in [0.1, 0.15) is 27.3 Å². The lowest BCUT2D eigenvalue weighted by Gasteiger charge is -2.05. The first-order valence-corrected chi connectivity index (χ1v) is 5.74. The van der Waals surface area contributed by atoms with Crippen molar-refractivity contribution in [3.63, 3.8) is 0 Å². The maximum Gasteiger partial charge on any atom is 0.209 e. The molecule has 1 radical (unpaired) electrons. The van der Waals surface area contributed by atoms with E-state index in [0.29, 0.717) is 11.3 Å². The van der Waals surface area contributed by atoms with Crippen LogP contribution < -0.4 is 0 Å². The lowest BCUT2D eigenvalue weighted by Crippen LogP contribution is -2.09. The Kier molecular flexibility index (Phi) is 3.42. The summed E-state index contributed by atoms with van der Waals surface area (Å²) < 4.78 is 1.74. The third kappa shape index (κ3) is 2.25. The van der Waals surface area contributed by atoms with Crippen LogP contribution in [-0.2, 0) is 18.3 Å². The molecule has 0 bridgehead atoms. The molecule has 1 aromatic heterocycles. The van der Waals surface area contributed by atoms with E-state index in [1.54, 1.807) is 23.7 Å². The molecule has 0 saturated carbocycles. The molecule has 0 aliphatic heterocycles.